The van der Waals surface area contributed by atoms with Crippen molar-refractivity contribution in [3.63, 3.8) is 0 Å². The molecule has 0 saturated heterocycles. The van der Waals surface area contributed by atoms with Gasteiger partial charge >= 0.3 is 6.08 Å². The lowest BCUT2D eigenvalue weighted by Gasteiger charge is -2.06. The Morgan fingerprint density at radius 2 is 2.43 bits per heavy atom. The summed E-state index contributed by atoms with van der Waals surface area (Å²) < 4.78 is 12.6. The number of rotatable bonds is 4. The highest BCUT2D eigenvalue weighted by Crippen LogP contribution is 2.17. The van der Waals surface area contributed by atoms with Crippen LogP contribution in [0.2, 0.25) is 5.02 Å². The summed E-state index contributed by atoms with van der Waals surface area (Å²) in [6.45, 7) is 6.30. The zero-order valence-corrected chi connectivity index (χ0v) is 8.60. The summed E-state index contributed by atoms with van der Waals surface area (Å²) in [4.78, 5) is 6.83. The van der Waals surface area contributed by atoms with E-state index in [9.17, 15) is 4.39 Å². The molecule has 14 heavy (non-hydrogen) atoms. The second-order valence-electron chi connectivity index (χ2n) is 2.97. The van der Waals surface area contributed by atoms with Crippen LogP contribution in [0.4, 0.5) is 10.2 Å². The lowest BCUT2D eigenvalue weighted by atomic mass is 10.2. The van der Waals surface area contributed by atoms with Crippen LogP contribution in [0, 0.1) is 6.08 Å². The lowest BCUT2D eigenvalue weighted by Crippen LogP contribution is -2.05. The molecule has 5 heteroatoms. The smallest absolute Gasteiger partial charge is 0.310 e. The van der Waals surface area contributed by atoms with Crippen LogP contribution in [-0.2, 0) is 0 Å². The Bertz CT molecular complexity index is 341. The summed E-state index contributed by atoms with van der Waals surface area (Å²) >= 11 is 5.73. The van der Waals surface area contributed by atoms with E-state index in [1.165, 1.54) is 6.20 Å². The van der Waals surface area contributed by atoms with Gasteiger partial charge in [-0.3, -0.25) is 0 Å². The lowest BCUT2D eigenvalue weighted by molar-refractivity contribution is 0.540. The Morgan fingerprint density at radius 3 is 3.07 bits per heavy atom. The first-order chi connectivity index (χ1) is 6.59. The second kappa shape index (κ2) is 4.91. The minimum Gasteiger partial charge on any atom is -0.368 e. The van der Waals surface area contributed by atoms with Gasteiger partial charge in [0.15, 0.2) is 5.82 Å². The first-order valence-corrected chi connectivity index (χ1v) is 4.53. The molecule has 76 valence electrons. The molecule has 0 aliphatic carbocycles. The number of hydrogen-bond acceptors (Lipinski definition) is 3. The topological polar surface area (TPSA) is 37.8 Å². The molecule has 0 atom stereocenters. The van der Waals surface area contributed by atoms with Gasteiger partial charge in [0.2, 0.25) is 0 Å². The molecule has 0 aromatic carbocycles. The van der Waals surface area contributed by atoms with Crippen LogP contribution in [-0.4, -0.2) is 16.5 Å². The number of nitrogens with one attached hydrogen (secondary N) is 1. The first-order valence-electron chi connectivity index (χ1n) is 4.16. The SMILES string of the molecule is C=C(C)CCNc1nc(F)ncc1Cl. The van der Waals surface area contributed by atoms with Gasteiger partial charge in [-0.15, -0.1) is 6.58 Å². The summed E-state index contributed by atoms with van der Waals surface area (Å²) in [5.41, 5.74) is 1.04. The van der Waals surface area contributed by atoms with Crippen LogP contribution < -0.4 is 5.32 Å². The minimum absolute atomic E-state index is 0.313. The Labute approximate surface area is 87.0 Å². The standard InChI is InChI=1S/C9H11ClFN3/c1-6(2)3-4-12-8-7(10)5-13-9(11)14-8/h5H,1,3-4H2,2H3,(H,12,13,14). The monoisotopic (exact) mass is 215 g/mol. The average Bonchev–Trinajstić information content (AvgIpc) is 2.10. The number of halogens is 2. The normalized spacial score (nSPS) is 9.93. The number of anilines is 1. The van der Waals surface area contributed by atoms with Gasteiger partial charge in [-0.1, -0.05) is 17.2 Å². The van der Waals surface area contributed by atoms with E-state index >= 15 is 0 Å². The number of nitrogens with zero attached hydrogens (tertiary/aromatic N) is 2. The van der Waals surface area contributed by atoms with E-state index in [2.05, 4.69) is 21.9 Å². The highest BCUT2D eigenvalue weighted by atomic mass is 35.5. The maximum absolute atomic E-state index is 12.6. The molecule has 0 fully saturated rings. The van der Waals surface area contributed by atoms with Crippen molar-refractivity contribution in [3.8, 4) is 0 Å². The van der Waals surface area contributed by atoms with Crippen LogP contribution in [0.25, 0.3) is 0 Å². The van der Waals surface area contributed by atoms with Crippen LogP contribution in [0.1, 0.15) is 13.3 Å². The van der Waals surface area contributed by atoms with Gasteiger partial charge in [0, 0.05) is 6.54 Å². The van der Waals surface area contributed by atoms with E-state index in [-0.39, 0.29) is 0 Å². The largest absolute Gasteiger partial charge is 0.368 e. The van der Waals surface area contributed by atoms with Gasteiger partial charge < -0.3 is 5.32 Å². The van der Waals surface area contributed by atoms with Crippen LogP contribution in [0.3, 0.4) is 0 Å². The van der Waals surface area contributed by atoms with Crippen molar-refractivity contribution in [2.24, 2.45) is 0 Å². The molecule has 1 heterocycles. The predicted molar refractivity (Wildman–Crippen MR) is 54.9 cm³/mol. The number of hydrogen-bond donors (Lipinski definition) is 1. The molecular formula is C9H11ClFN3. The van der Waals surface area contributed by atoms with E-state index in [1.54, 1.807) is 0 Å². The third kappa shape index (κ3) is 3.30. The fourth-order valence-electron chi connectivity index (χ4n) is 0.864. The van der Waals surface area contributed by atoms with Gasteiger partial charge in [-0.2, -0.15) is 9.37 Å². The zero-order chi connectivity index (χ0) is 10.6. The molecule has 0 spiro atoms. The summed E-state index contributed by atoms with van der Waals surface area (Å²) in [6.07, 6.45) is 1.24. The number of aromatic nitrogens is 2. The van der Waals surface area contributed by atoms with Crippen molar-refractivity contribution in [2.45, 2.75) is 13.3 Å². The summed E-state index contributed by atoms with van der Waals surface area (Å²) in [6, 6.07) is 0. The van der Waals surface area contributed by atoms with Gasteiger partial charge in [0.1, 0.15) is 5.02 Å². The minimum atomic E-state index is -0.785. The third-order valence-corrected chi connectivity index (χ3v) is 1.84. The molecule has 0 aliphatic rings. The van der Waals surface area contributed by atoms with Crippen molar-refractivity contribution in [2.75, 3.05) is 11.9 Å². The first kappa shape index (κ1) is 10.9. The molecule has 1 aromatic rings. The van der Waals surface area contributed by atoms with Gasteiger partial charge in [-0.05, 0) is 13.3 Å². The fraction of sp³-hybridized carbons (Fsp3) is 0.333. The highest BCUT2D eigenvalue weighted by molar-refractivity contribution is 6.32. The molecule has 1 N–H and O–H groups in total. The maximum Gasteiger partial charge on any atom is 0.310 e. The average molecular weight is 216 g/mol. The van der Waals surface area contributed by atoms with Crippen LogP contribution in [0.15, 0.2) is 18.3 Å². The van der Waals surface area contributed by atoms with Crippen molar-refractivity contribution in [1.82, 2.24) is 9.97 Å². The molecule has 3 nitrogen and oxygen atoms in total. The molecule has 0 aliphatic heterocycles. The summed E-state index contributed by atoms with van der Waals surface area (Å²) in [5, 5.41) is 3.21. The Kier molecular flexibility index (Phi) is 3.83. The highest BCUT2D eigenvalue weighted by Gasteiger charge is 2.03. The van der Waals surface area contributed by atoms with E-state index in [1.807, 2.05) is 6.92 Å². The van der Waals surface area contributed by atoms with E-state index in [4.69, 9.17) is 11.6 Å². The van der Waals surface area contributed by atoms with Gasteiger partial charge in [0.25, 0.3) is 0 Å². The third-order valence-electron chi connectivity index (χ3n) is 1.56. The molecule has 0 bridgehead atoms. The molecular weight excluding hydrogens is 205 g/mol. The fourth-order valence-corrected chi connectivity index (χ4v) is 1.02. The van der Waals surface area contributed by atoms with Crippen molar-refractivity contribution in [1.29, 1.82) is 0 Å². The van der Waals surface area contributed by atoms with Gasteiger partial charge in [0.05, 0.1) is 6.20 Å². The molecule has 0 amide bonds. The summed E-state index contributed by atoms with van der Waals surface area (Å²) in [5.74, 6) is 0.320. The van der Waals surface area contributed by atoms with Crippen molar-refractivity contribution < 1.29 is 4.39 Å². The molecule has 0 unspecified atom stereocenters. The van der Waals surface area contributed by atoms with Crippen LogP contribution >= 0.6 is 11.6 Å². The second-order valence-corrected chi connectivity index (χ2v) is 3.38. The molecule has 1 aromatic heterocycles. The van der Waals surface area contributed by atoms with Crippen LogP contribution in [0.5, 0.6) is 0 Å². The summed E-state index contributed by atoms with van der Waals surface area (Å²) in [7, 11) is 0. The zero-order valence-electron chi connectivity index (χ0n) is 7.85. The van der Waals surface area contributed by atoms with Crippen molar-refractivity contribution in [3.05, 3.63) is 29.4 Å². The molecule has 1 rings (SSSR count). The Balaban J connectivity index is 2.57. The van der Waals surface area contributed by atoms with E-state index < -0.39 is 6.08 Å². The van der Waals surface area contributed by atoms with E-state index in [0.717, 1.165) is 12.0 Å². The van der Waals surface area contributed by atoms with Gasteiger partial charge in [-0.25, -0.2) is 4.98 Å². The van der Waals surface area contributed by atoms with Crippen molar-refractivity contribution >= 4 is 17.4 Å². The Hall–Kier alpha value is -1.16. The maximum atomic E-state index is 12.6. The quantitative estimate of drug-likeness (QED) is 0.620. The Morgan fingerprint density at radius 1 is 1.71 bits per heavy atom. The molecule has 0 radical (unpaired) electrons. The molecule has 0 saturated carbocycles. The van der Waals surface area contributed by atoms with E-state index in [0.29, 0.717) is 17.4 Å². The predicted octanol–water partition coefficient (Wildman–Crippen LogP) is 2.65.